The number of carbonyl (C=O) groups excluding carboxylic acids is 1. The van der Waals surface area contributed by atoms with E-state index < -0.39 is 0 Å². The second-order valence-electron chi connectivity index (χ2n) is 5.30. The summed E-state index contributed by atoms with van der Waals surface area (Å²) >= 11 is 0. The van der Waals surface area contributed by atoms with E-state index in [9.17, 15) is 4.79 Å². The zero-order valence-corrected chi connectivity index (χ0v) is 12.1. The normalized spacial score (nSPS) is 19.4. The van der Waals surface area contributed by atoms with Crippen molar-refractivity contribution in [3.05, 3.63) is 0 Å². The van der Waals surface area contributed by atoms with Crippen molar-refractivity contribution >= 4 is 5.91 Å². The number of ether oxygens (including phenoxy) is 1. The summed E-state index contributed by atoms with van der Waals surface area (Å²) in [5.41, 5.74) is 0. The Kier molecular flexibility index (Phi) is 7.28. The van der Waals surface area contributed by atoms with Crippen molar-refractivity contribution in [1.82, 2.24) is 10.2 Å². The molecule has 4 nitrogen and oxygen atoms in total. The van der Waals surface area contributed by atoms with Crippen molar-refractivity contribution in [3.63, 3.8) is 0 Å². The average Bonchev–Trinajstić information content (AvgIpc) is 2.84. The topological polar surface area (TPSA) is 41.6 Å². The van der Waals surface area contributed by atoms with Crippen LogP contribution in [0.2, 0.25) is 0 Å². The van der Waals surface area contributed by atoms with Crippen LogP contribution in [0.3, 0.4) is 0 Å². The molecule has 1 saturated heterocycles. The number of rotatable bonds is 8. The predicted molar refractivity (Wildman–Crippen MR) is 73.6 cm³/mol. The van der Waals surface area contributed by atoms with Gasteiger partial charge in [0.15, 0.2) is 0 Å². The molecule has 0 aromatic rings. The molecular formula is C14H28N2O2. The molecule has 0 aliphatic carbocycles. The zero-order valence-electron chi connectivity index (χ0n) is 12.1. The van der Waals surface area contributed by atoms with Gasteiger partial charge in [-0.3, -0.25) is 4.79 Å². The van der Waals surface area contributed by atoms with Crippen molar-refractivity contribution in [2.24, 2.45) is 0 Å². The highest BCUT2D eigenvalue weighted by atomic mass is 16.5. The van der Waals surface area contributed by atoms with Crippen LogP contribution in [0.1, 0.15) is 46.5 Å². The van der Waals surface area contributed by atoms with Crippen LogP contribution in [0, 0.1) is 0 Å². The molecular weight excluding hydrogens is 228 g/mol. The van der Waals surface area contributed by atoms with Crippen LogP contribution in [-0.4, -0.2) is 49.2 Å². The summed E-state index contributed by atoms with van der Waals surface area (Å²) in [6, 6.07) is 0.749. The van der Waals surface area contributed by atoms with Gasteiger partial charge in [-0.25, -0.2) is 0 Å². The fourth-order valence-corrected chi connectivity index (χ4v) is 2.30. The summed E-state index contributed by atoms with van der Waals surface area (Å²) in [7, 11) is 0. The molecule has 1 heterocycles. The number of nitrogens with one attached hydrogen (secondary N) is 1. The molecule has 1 aliphatic rings. The van der Waals surface area contributed by atoms with E-state index in [0.717, 1.165) is 26.1 Å². The molecule has 1 atom stereocenters. The van der Waals surface area contributed by atoms with Gasteiger partial charge in [-0.05, 0) is 39.7 Å². The van der Waals surface area contributed by atoms with Gasteiger partial charge in [-0.1, -0.05) is 6.92 Å². The third-order valence-electron chi connectivity index (χ3n) is 3.33. The van der Waals surface area contributed by atoms with Gasteiger partial charge in [-0.15, -0.1) is 0 Å². The van der Waals surface area contributed by atoms with E-state index in [1.54, 1.807) is 0 Å². The molecule has 0 aromatic heterocycles. The molecule has 0 aromatic carbocycles. The maximum atomic E-state index is 12.2. The first kappa shape index (κ1) is 15.4. The molecule has 1 aliphatic heterocycles. The predicted octanol–water partition coefficient (Wildman–Crippen LogP) is 1.79. The number of nitrogens with zero attached hydrogens (tertiary/aromatic N) is 1. The van der Waals surface area contributed by atoms with Gasteiger partial charge in [-0.2, -0.15) is 0 Å². The van der Waals surface area contributed by atoms with Crippen LogP contribution in [0.15, 0.2) is 0 Å². The van der Waals surface area contributed by atoms with Gasteiger partial charge in [0.2, 0.25) is 5.91 Å². The molecule has 1 unspecified atom stereocenters. The fourth-order valence-electron chi connectivity index (χ4n) is 2.30. The summed E-state index contributed by atoms with van der Waals surface area (Å²) in [5.74, 6) is 0.217. The largest absolute Gasteiger partial charge is 0.381 e. The molecule has 0 bridgehead atoms. The monoisotopic (exact) mass is 256 g/mol. The maximum Gasteiger partial charge on any atom is 0.225 e. The first-order valence-corrected chi connectivity index (χ1v) is 7.25. The molecule has 1 amide bonds. The molecule has 1 fully saturated rings. The van der Waals surface area contributed by atoms with Gasteiger partial charge in [0.05, 0.1) is 13.0 Å². The van der Waals surface area contributed by atoms with E-state index in [4.69, 9.17) is 4.74 Å². The summed E-state index contributed by atoms with van der Waals surface area (Å²) in [6.07, 6.45) is 3.92. The number of hydrogen-bond acceptors (Lipinski definition) is 3. The Morgan fingerprint density at radius 1 is 1.44 bits per heavy atom. The van der Waals surface area contributed by atoms with Crippen LogP contribution in [-0.2, 0) is 9.53 Å². The Labute approximate surface area is 111 Å². The molecule has 0 spiro atoms. The lowest BCUT2D eigenvalue weighted by molar-refractivity contribution is -0.134. The Balaban J connectivity index is 2.32. The van der Waals surface area contributed by atoms with Crippen LogP contribution in [0.4, 0.5) is 0 Å². The van der Waals surface area contributed by atoms with Crippen molar-refractivity contribution in [2.75, 3.05) is 26.3 Å². The third kappa shape index (κ3) is 5.36. The highest BCUT2D eigenvalue weighted by molar-refractivity contribution is 5.76. The zero-order chi connectivity index (χ0) is 13.4. The van der Waals surface area contributed by atoms with Gasteiger partial charge in [0.1, 0.15) is 0 Å². The van der Waals surface area contributed by atoms with Crippen molar-refractivity contribution in [3.8, 4) is 0 Å². The Morgan fingerprint density at radius 2 is 2.22 bits per heavy atom. The summed E-state index contributed by atoms with van der Waals surface area (Å²) in [5, 5.41) is 3.45. The number of amides is 1. The second-order valence-corrected chi connectivity index (χ2v) is 5.30. The second kappa shape index (κ2) is 8.48. The van der Waals surface area contributed by atoms with Crippen LogP contribution < -0.4 is 5.32 Å². The van der Waals surface area contributed by atoms with E-state index in [1.807, 2.05) is 4.90 Å². The van der Waals surface area contributed by atoms with E-state index >= 15 is 0 Å². The Hall–Kier alpha value is -0.610. The highest BCUT2D eigenvalue weighted by Gasteiger charge is 2.23. The van der Waals surface area contributed by atoms with E-state index in [1.165, 1.54) is 12.8 Å². The van der Waals surface area contributed by atoms with Gasteiger partial charge in [0, 0.05) is 25.2 Å². The van der Waals surface area contributed by atoms with E-state index in [2.05, 4.69) is 26.1 Å². The van der Waals surface area contributed by atoms with Crippen molar-refractivity contribution in [1.29, 1.82) is 0 Å². The van der Waals surface area contributed by atoms with E-state index in [0.29, 0.717) is 19.1 Å². The maximum absolute atomic E-state index is 12.2. The van der Waals surface area contributed by atoms with Crippen LogP contribution in [0.25, 0.3) is 0 Å². The Bertz CT molecular complexity index is 238. The standard InChI is InChI=1S/C14H28N2O2/c1-4-9-18-10-7-14(17)16(12(2)3)11-13-6-5-8-15-13/h12-13,15H,4-11H2,1-3H3. The summed E-state index contributed by atoms with van der Waals surface area (Å²) in [4.78, 5) is 14.1. The van der Waals surface area contributed by atoms with Gasteiger partial charge >= 0.3 is 0 Å². The van der Waals surface area contributed by atoms with Crippen LogP contribution in [0.5, 0.6) is 0 Å². The van der Waals surface area contributed by atoms with E-state index in [-0.39, 0.29) is 11.9 Å². The first-order chi connectivity index (χ1) is 8.65. The van der Waals surface area contributed by atoms with Crippen LogP contribution >= 0.6 is 0 Å². The van der Waals surface area contributed by atoms with Gasteiger partial charge in [0.25, 0.3) is 0 Å². The minimum Gasteiger partial charge on any atom is -0.381 e. The summed E-state index contributed by atoms with van der Waals surface area (Å²) < 4.78 is 5.39. The minimum atomic E-state index is 0.217. The first-order valence-electron chi connectivity index (χ1n) is 7.25. The quantitative estimate of drug-likeness (QED) is 0.673. The number of carbonyl (C=O) groups is 1. The molecule has 0 saturated carbocycles. The highest BCUT2D eigenvalue weighted by Crippen LogP contribution is 2.10. The summed E-state index contributed by atoms with van der Waals surface area (Å²) in [6.45, 7) is 9.47. The molecule has 18 heavy (non-hydrogen) atoms. The minimum absolute atomic E-state index is 0.217. The van der Waals surface area contributed by atoms with Crippen molar-refractivity contribution in [2.45, 2.75) is 58.5 Å². The molecule has 4 heteroatoms. The lowest BCUT2D eigenvalue weighted by atomic mass is 10.2. The smallest absolute Gasteiger partial charge is 0.225 e. The lowest BCUT2D eigenvalue weighted by Gasteiger charge is -2.29. The number of hydrogen-bond donors (Lipinski definition) is 1. The lowest BCUT2D eigenvalue weighted by Crippen LogP contribution is -2.45. The SMILES string of the molecule is CCCOCCC(=O)N(CC1CCCN1)C(C)C. The molecule has 0 radical (unpaired) electrons. The molecule has 106 valence electrons. The van der Waals surface area contributed by atoms with Crippen molar-refractivity contribution < 1.29 is 9.53 Å². The average molecular weight is 256 g/mol. The van der Waals surface area contributed by atoms with Gasteiger partial charge < -0.3 is 15.0 Å². The fraction of sp³-hybridized carbons (Fsp3) is 0.929. The molecule has 1 rings (SSSR count). The third-order valence-corrected chi connectivity index (χ3v) is 3.33. The Morgan fingerprint density at radius 3 is 2.78 bits per heavy atom. The molecule has 1 N–H and O–H groups in total.